The first-order chi connectivity index (χ1) is 22.2. The molecule has 46 heavy (non-hydrogen) atoms. The minimum absolute atomic E-state index is 0.0443. The lowest BCUT2D eigenvalue weighted by molar-refractivity contribution is -0.121. The summed E-state index contributed by atoms with van der Waals surface area (Å²) < 4.78 is 55.5. The van der Waals surface area contributed by atoms with Gasteiger partial charge in [-0.05, 0) is 90.9 Å². The van der Waals surface area contributed by atoms with Crippen LogP contribution in [0.3, 0.4) is 0 Å². The molecule has 0 saturated heterocycles. The van der Waals surface area contributed by atoms with Crippen molar-refractivity contribution >= 4 is 15.9 Å². The van der Waals surface area contributed by atoms with Crippen LogP contribution in [0.2, 0.25) is 0 Å². The van der Waals surface area contributed by atoms with Crippen molar-refractivity contribution in [3.05, 3.63) is 88.6 Å². The highest BCUT2D eigenvalue weighted by atomic mass is 32.2. The molecule has 3 aliphatic rings. The van der Waals surface area contributed by atoms with Crippen LogP contribution in [0.4, 0.5) is 0 Å². The van der Waals surface area contributed by atoms with Gasteiger partial charge in [0.25, 0.3) is 10.0 Å². The number of hydrogen-bond acceptors (Lipinski definition) is 8. The van der Waals surface area contributed by atoms with Gasteiger partial charge in [0.15, 0.2) is 28.0 Å². The maximum Gasteiger partial charge on any atom is 0.261 e. The molecule has 1 atom stereocenters. The fraction of sp³-hybridized carbons (Fsp3) is 0.353. The van der Waals surface area contributed by atoms with Crippen LogP contribution in [0.15, 0.2) is 65.7 Å². The van der Waals surface area contributed by atoms with E-state index in [1.165, 1.54) is 8.99 Å². The molecular weight excluding hydrogens is 608 g/mol. The maximum absolute atomic E-state index is 14.3. The zero-order valence-electron chi connectivity index (χ0n) is 26.4. The number of methoxy groups -OCH3 is 2. The number of sulfonamides is 1. The summed E-state index contributed by atoms with van der Waals surface area (Å²) in [6.45, 7) is 2.78. The third kappa shape index (κ3) is 6.27. The quantitative estimate of drug-likeness (QED) is 0.339. The van der Waals surface area contributed by atoms with Crippen LogP contribution in [0.5, 0.6) is 28.7 Å². The van der Waals surface area contributed by atoms with Gasteiger partial charge in [-0.3, -0.25) is 9.48 Å². The number of ether oxygens (including phenoxy) is 4. The SMILES string of the molecule is COc1ccc2cc1OCCCNC(=O)CCc1cccc(c1)Oc1cc3c(cc1OC)C2N(S(=O)(=O)c1cc(C)nn1C)CC3. The molecule has 1 aromatic heterocycles. The van der Waals surface area contributed by atoms with Crippen molar-refractivity contribution in [1.29, 1.82) is 0 Å². The Kier molecular flexibility index (Phi) is 8.92. The molecule has 1 unspecified atom stereocenters. The molecule has 0 saturated carbocycles. The minimum Gasteiger partial charge on any atom is -0.493 e. The van der Waals surface area contributed by atoms with Gasteiger partial charge in [-0.15, -0.1) is 0 Å². The van der Waals surface area contributed by atoms with Crippen LogP contribution >= 0.6 is 0 Å². The number of aromatic nitrogens is 2. The summed E-state index contributed by atoms with van der Waals surface area (Å²) in [6.07, 6.45) is 1.94. The van der Waals surface area contributed by atoms with Crippen molar-refractivity contribution in [3.63, 3.8) is 0 Å². The molecule has 1 N–H and O–H groups in total. The van der Waals surface area contributed by atoms with Gasteiger partial charge in [0.05, 0.1) is 32.6 Å². The molecule has 1 amide bonds. The van der Waals surface area contributed by atoms with Crippen LogP contribution < -0.4 is 24.3 Å². The van der Waals surface area contributed by atoms with E-state index in [0.717, 1.165) is 16.7 Å². The third-order valence-electron chi connectivity index (χ3n) is 8.31. The van der Waals surface area contributed by atoms with Gasteiger partial charge in [0.2, 0.25) is 5.91 Å². The largest absolute Gasteiger partial charge is 0.493 e. The van der Waals surface area contributed by atoms with Crippen molar-refractivity contribution < 1.29 is 32.2 Å². The molecule has 11 nitrogen and oxygen atoms in total. The number of benzene rings is 3. The third-order valence-corrected chi connectivity index (χ3v) is 10.2. The number of rotatable bonds is 4. The molecule has 7 rings (SSSR count). The van der Waals surface area contributed by atoms with Crippen molar-refractivity contribution in [3.8, 4) is 28.7 Å². The first-order valence-electron chi connectivity index (χ1n) is 15.3. The lowest BCUT2D eigenvalue weighted by atomic mass is 9.89. The summed E-state index contributed by atoms with van der Waals surface area (Å²) in [7, 11) is 0.757. The van der Waals surface area contributed by atoms with Gasteiger partial charge in [-0.25, -0.2) is 8.42 Å². The molecule has 3 aromatic carbocycles. The summed E-state index contributed by atoms with van der Waals surface area (Å²) in [6, 6.07) is 17.8. The second kappa shape index (κ2) is 13.1. The van der Waals surface area contributed by atoms with Gasteiger partial charge >= 0.3 is 0 Å². The number of amides is 1. The number of nitrogens with zero attached hydrogens (tertiary/aromatic N) is 3. The zero-order chi connectivity index (χ0) is 32.4. The first-order valence-corrected chi connectivity index (χ1v) is 16.7. The molecule has 0 aliphatic carbocycles. The fourth-order valence-corrected chi connectivity index (χ4v) is 7.87. The molecule has 0 fully saturated rings. The van der Waals surface area contributed by atoms with Crippen LogP contribution in [0.1, 0.15) is 46.8 Å². The molecule has 0 radical (unpaired) electrons. The van der Waals surface area contributed by atoms with Crippen molar-refractivity contribution in [1.82, 2.24) is 19.4 Å². The summed E-state index contributed by atoms with van der Waals surface area (Å²) in [5.41, 5.74) is 4.00. The predicted octanol–water partition coefficient (Wildman–Crippen LogP) is 4.71. The van der Waals surface area contributed by atoms with Gasteiger partial charge in [-0.2, -0.15) is 9.40 Å². The number of nitrogens with one attached hydrogen (secondary N) is 1. The Labute approximate surface area is 269 Å². The van der Waals surface area contributed by atoms with Crippen molar-refractivity contribution in [2.24, 2.45) is 7.05 Å². The molecule has 0 spiro atoms. The Balaban J connectivity index is 1.51. The number of carbonyl (C=O) groups excluding carboxylic acids is 1. The Bertz CT molecular complexity index is 1870. The van der Waals surface area contributed by atoms with E-state index in [1.54, 1.807) is 40.3 Å². The van der Waals surface area contributed by atoms with E-state index in [9.17, 15) is 13.2 Å². The van der Waals surface area contributed by atoms with Gasteiger partial charge in [0.1, 0.15) is 5.75 Å². The second-order valence-electron chi connectivity index (χ2n) is 11.4. The molecule has 242 valence electrons. The van der Waals surface area contributed by atoms with Gasteiger partial charge in [0, 0.05) is 26.6 Å². The van der Waals surface area contributed by atoms with Crippen LogP contribution in [-0.2, 0) is 34.7 Å². The highest BCUT2D eigenvalue weighted by Gasteiger charge is 2.40. The molecular formula is C34H38N4O7S. The first kappa shape index (κ1) is 31.4. The van der Waals surface area contributed by atoms with Crippen molar-refractivity contribution in [2.45, 2.75) is 43.7 Å². The fourth-order valence-electron chi connectivity index (χ4n) is 6.09. The number of fused-ring (bicyclic) bond motifs is 8. The van der Waals surface area contributed by atoms with E-state index in [1.807, 2.05) is 48.5 Å². The molecule has 4 aromatic rings. The molecule has 4 heterocycles. The van der Waals surface area contributed by atoms with E-state index in [4.69, 9.17) is 18.9 Å². The summed E-state index contributed by atoms with van der Waals surface area (Å²) in [4.78, 5) is 12.5. The average Bonchev–Trinajstić information content (AvgIpc) is 3.40. The smallest absolute Gasteiger partial charge is 0.261 e. The van der Waals surface area contributed by atoms with E-state index < -0.39 is 16.1 Å². The average molecular weight is 647 g/mol. The summed E-state index contributed by atoms with van der Waals surface area (Å²) in [5, 5.41) is 7.38. The zero-order valence-corrected chi connectivity index (χ0v) is 27.2. The monoisotopic (exact) mass is 646 g/mol. The Hall–Kier alpha value is -4.55. The van der Waals surface area contributed by atoms with Crippen LogP contribution in [0, 0.1) is 6.92 Å². The predicted molar refractivity (Wildman–Crippen MR) is 171 cm³/mol. The number of aryl methyl sites for hydroxylation is 3. The Morgan fingerprint density at radius 2 is 1.78 bits per heavy atom. The van der Waals surface area contributed by atoms with E-state index in [2.05, 4.69) is 10.4 Å². The summed E-state index contributed by atoms with van der Waals surface area (Å²) in [5.74, 6) is 2.55. The van der Waals surface area contributed by atoms with E-state index in [0.29, 0.717) is 78.8 Å². The highest BCUT2D eigenvalue weighted by Crippen LogP contribution is 2.45. The molecule has 12 heteroatoms. The minimum atomic E-state index is -4.00. The normalized spacial score (nSPS) is 17.4. The second-order valence-corrected chi connectivity index (χ2v) is 13.3. The number of hydrogen-bond donors (Lipinski definition) is 1. The lowest BCUT2D eigenvalue weighted by Gasteiger charge is -2.37. The van der Waals surface area contributed by atoms with E-state index >= 15 is 0 Å². The number of carbonyl (C=O) groups is 1. The maximum atomic E-state index is 14.3. The standard InChI is InChI=1S/C34H38N4O7S/c1-22-17-33(37(2)36-22)46(40,41)38-15-13-24-19-31-29(43-4)21-27(24)34(38)25-10-11-28(42-3)30(20-25)44-16-6-14-35-32(39)12-9-23-7-5-8-26(18-23)45-31/h5,7-8,10-11,17-21,34H,6,9,12-16H2,1-4H3,(H,35,39). The van der Waals surface area contributed by atoms with Crippen LogP contribution in [-0.4, -0.2) is 62.3 Å². The van der Waals surface area contributed by atoms with Crippen LogP contribution in [0.25, 0.3) is 0 Å². The van der Waals surface area contributed by atoms with Gasteiger partial charge < -0.3 is 24.3 Å². The van der Waals surface area contributed by atoms with Gasteiger partial charge in [-0.1, -0.05) is 18.2 Å². The lowest BCUT2D eigenvalue weighted by Crippen LogP contribution is -2.41. The molecule has 3 aliphatic heterocycles. The summed E-state index contributed by atoms with van der Waals surface area (Å²) >= 11 is 0. The Morgan fingerprint density at radius 1 is 0.957 bits per heavy atom. The van der Waals surface area contributed by atoms with Crippen molar-refractivity contribution in [2.75, 3.05) is 33.9 Å². The molecule has 8 bridgehead atoms. The van der Waals surface area contributed by atoms with E-state index in [-0.39, 0.29) is 17.5 Å². The topological polar surface area (TPSA) is 121 Å². The highest BCUT2D eigenvalue weighted by molar-refractivity contribution is 7.89. The Morgan fingerprint density at radius 3 is 2.54 bits per heavy atom.